The summed E-state index contributed by atoms with van der Waals surface area (Å²) in [4.78, 5) is 4.40. The van der Waals surface area contributed by atoms with Crippen molar-refractivity contribution >= 4 is 27.2 Å². The molecule has 1 aromatic heterocycles. The third kappa shape index (κ3) is 4.57. The molecule has 0 bridgehead atoms. The molecular weight excluding hydrogens is 362 g/mol. The summed E-state index contributed by atoms with van der Waals surface area (Å²) < 4.78 is 32.8. The number of aryl methyl sites for hydroxylation is 2. The van der Waals surface area contributed by atoms with Gasteiger partial charge in [0.05, 0.1) is 23.9 Å². The summed E-state index contributed by atoms with van der Waals surface area (Å²) in [6.45, 7) is 3.82. The van der Waals surface area contributed by atoms with Gasteiger partial charge in [0.2, 0.25) is 0 Å². The summed E-state index contributed by atoms with van der Waals surface area (Å²) in [6.07, 6.45) is 1.57. The van der Waals surface area contributed by atoms with Crippen LogP contribution in [0.15, 0.2) is 65.7 Å². The van der Waals surface area contributed by atoms with Crippen LogP contribution in [0.25, 0.3) is 0 Å². The Kier molecular flexibility index (Phi) is 5.32. The van der Waals surface area contributed by atoms with Crippen molar-refractivity contribution in [3.05, 3.63) is 71.9 Å². The fourth-order valence-electron chi connectivity index (χ4n) is 2.47. The number of ether oxygens (including phenoxy) is 1. The van der Waals surface area contributed by atoms with Gasteiger partial charge in [-0.05, 0) is 61.4 Å². The SMILES string of the molecule is COc1cccc(Nc2ccc(NS(=O)(=O)c3ccc(C)c(C)c3)nc2)c1. The van der Waals surface area contributed by atoms with E-state index in [0.29, 0.717) is 0 Å². The highest BCUT2D eigenvalue weighted by Crippen LogP contribution is 2.22. The Morgan fingerprint density at radius 2 is 1.74 bits per heavy atom. The standard InChI is InChI=1S/C20H21N3O3S/c1-14-7-9-19(11-15(14)2)27(24,25)23-20-10-8-17(13-21-20)22-16-5-4-6-18(12-16)26-3/h4-13,22H,1-3H3,(H,21,23). The van der Waals surface area contributed by atoms with Gasteiger partial charge in [-0.3, -0.25) is 4.72 Å². The summed E-state index contributed by atoms with van der Waals surface area (Å²) in [5.74, 6) is 0.996. The number of pyridine rings is 1. The lowest BCUT2D eigenvalue weighted by atomic mass is 10.1. The first-order valence-electron chi connectivity index (χ1n) is 8.34. The second kappa shape index (κ2) is 7.67. The van der Waals surface area contributed by atoms with Crippen LogP contribution < -0.4 is 14.8 Å². The fourth-order valence-corrected chi connectivity index (χ4v) is 3.57. The zero-order chi connectivity index (χ0) is 19.4. The van der Waals surface area contributed by atoms with Crippen LogP contribution in [0, 0.1) is 13.8 Å². The molecule has 0 saturated heterocycles. The van der Waals surface area contributed by atoms with E-state index < -0.39 is 10.0 Å². The largest absolute Gasteiger partial charge is 0.497 e. The molecule has 0 amide bonds. The molecule has 0 radical (unpaired) electrons. The Labute approximate surface area is 159 Å². The number of benzene rings is 2. The predicted octanol–water partition coefficient (Wildman–Crippen LogP) is 4.25. The highest BCUT2D eigenvalue weighted by atomic mass is 32.2. The molecule has 0 aliphatic heterocycles. The van der Waals surface area contributed by atoms with E-state index in [9.17, 15) is 8.42 Å². The quantitative estimate of drug-likeness (QED) is 0.665. The van der Waals surface area contributed by atoms with Gasteiger partial charge in [-0.25, -0.2) is 13.4 Å². The fraction of sp³-hybridized carbons (Fsp3) is 0.150. The number of nitrogens with zero attached hydrogens (tertiary/aromatic N) is 1. The third-order valence-electron chi connectivity index (χ3n) is 4.15. The number of aromatic nitrogens is 1. The van der Waals surface area contributed by atoms with Crippen LogP contribution in [-0.2, 0) is 10.0 Å². The molecule has 2 N–H and O–H groups in total. The molecule has 140 valence electrons. The molecule has 0 atom stereocenters. The number of hydrogen-bond donors (Lipinski definition) is 2. The van der Waals surface area contributed by atoms with Crippen molar-refractivity contribution in [1.29, 1.82) is 0 Å². The molecule has 7 heteroatoms. The monoisotopic (exact) mass is 383 g/mol. The van der Waals surface area contributed by atoms with Gasteiger partial charge in [0.15, 0.2) is 0 Å². The predicted molar refractivity (Wildman–Crippen MR) is 107 cm³/mol. The molecule has 27 heavy (non-hydrogen) atoms. The summed E-state index contributed by atoms with van der Waals surface area (Å²) in [5, 5.41) is 3.19. The average molecular weight is 383 g/mol. The van der Waals surface area contributed by atoms with Crippen LogP contribution in [0.5, 0.6) is 5.75 Å². The Hall–Kier alpha value is -3.06. The first kappa shape index (κ1) is 18.7. The van der Waals surface area contributed by atoms with Crippen LogP contribution in [0.4, 0.5) is 17.2 Å². The number of rotatable bonds is 6. The van der Waals surface area contributed by atoms with E-state index in [2.05, 4.69) is 15.0 Å². The second-order valence-corrected chi connectivity index (χ2v) is 7.82. The van der Waals surface area contributed by atoms with Crippen molar-refractivity contribution in [2.75, 3.05) is 17.1 Å². The number of hydrogen-bond acceptors (Lipinski definition) is 5. The molecule has 0 unspecified atom stereocenters. The Morgan fingerprint density at radius 3 is 2.41 bits per heavy atom. The summed E-state index contributed by atoms with van der Waals surface area (Å²) in [7, 11) is -2.07. The Morgan fingerprint density at radius 1 is 0.926 bits per heavy atom. The maximum absolute atomic E-state index is 12.5. The molecule has 1 heterocycles. The topological polar surface area (TPSA) is 80.3 Å². The number of nitrogens with one attached hydrogen (secondary N) is 2. The molecule has 3 rings (SSSR count). The van der Waals surface area contributed by atoms with Crippen LogP contribution in [-0.4, -0.2) is 20.5 Å². The maximum Gasteiger partial charge on any atom is 0.263 e. The molecule has 2 aromatic carbocycles. The van der Waals surface area contributed by atoms with Gasteiger partial charge in [-0.2, -0.15) is 0 Å². The van der Waals surface area contributed by atoms with Crippen LogP contribution in [0.3, 0.4) is 0 Å². The van der Waals surface area contributed by atoms with Gasteiger partial charge in [0.1, 0.15) is 11.6 Å². The summed E-state index contributed by atoms with van der Waals surface area (Å²) in [5.41, 5.74) is 3.54. The van der Waals surface area contributed by atoms with E-state index in [1.807, 2.05) is 38.1 Å². The lowest BCUT2D eigenvalue weighted by Gasteiger charge is -2.11. The van der Waals surface area contributed by atoms with Gasteiger partial charge in [0, 0.05) is 11.8 Å². The summed E-state index contributed by atoms with van der Waals surface area (Å²) in [6, 6.07) is 15.9. The first-order chi connectivity index (χ1) is 12.9. The van der Waals surface area contributed by atoms with Crippen molar-refractivity contribution in [3.8, 4) is 5.75 Å². The summed E-state index contributed by atoms with van der Waals surface area (Å²) >= 11 is 0. The molecule has 0 fully saturated rings. The molecule has 0 saturated carbocycles. The zero-order valence-corrected chi connectivity index (χ0v) is 16.2. The Bertz CT molecular complexity index is 1050. The van der Waals surface area contributed by atoms with E-state index in [1.54, 1.807) is 43.6 Å². The number of anilines is 3. The van der Waals surface area contributed by atoms with Gasteiger partial charge < -0.3 is 10.1 Å². The third-order valence-corrected chi connectivity index (χ3v) is 5.50. The van der Waals surface area contributed by atoms with Crippen molar-refractivity contribution in [2.45, 2.75) is 18.7 Å². The van der Waals surface area contributed by atoms with Gasteiger partial charge in [-0.15, -0.1) is 0 Å². The molecule has 0 spiro atoms. The highest BCUT2D eigenvalue weighted by molar-refractivity contribution is 7.92. The van der Waals surface area contributed by atoms with E-state index >= 15 is 0 Å². The van der Waals surface area contributed by atoms with Crippen molar-refractivity contribution in [1.82, 2.24) is 4.98 Å². The maximum atomic E-state index is 12.5. The smallest absolute Gasteiger partial charge is 0.263 e. The minimum Gasteiger partial charge on any atom is -0.497 e. The van der Waals surface area contributed by atoms with E-state index in [1.165, 1.54) is 0 Å². The van der Waals surface area contributed by atoms with Gasteiger partial charge >= 0.3 is 0 Å². The number of sulfonamides is 1. The van der Waals surface area contributed by atoms with Gasteiger partial charge in [0.25, 0.3) is 10.0 Å². The molecule has 3 aromatic rings. The minimum absolute atomic E-state index is 0.214. The van der Waals surface area contributed by atoms with Crippen LogP contribution >= 0.6 is 0 Å². The Balaban J connectivity index is 1.74. The normalized spacial score (nSPS) is 11.1. The lowest BCUT2D eigenvalue weighted by Crippen LogP contribution is -2.14. The van der Waals surface area contributed by atoms with Crippen LogP contribution in [0.1, 0.15) is 11.1 Å². The lowest BCUT2D eigenvalue weighted by molar-refractivity contribution is 0.415. The van der Waals surface area contributed by atoms with Crippen molar-refractivity contribution in [3.63, 3.8) is 0 Å². The zero-order valence-electron chi connectivity index (χ0n) is 15.4. The average Bonchev–Trinajstić information content (AvgIpc) is 2.65. The number of methoxy groups -OCH3 is 1. The van der Waals surface area contributed by atoms with Gasteiger partial charge in [-0.1, -0.05) is 12.1 Å². The molecule has 6 nitrogen and oxygen atoms in total. The van der Waals surface area contributed by atoms with Crippen molar-refractivity contribution < 1.29 is 13.2 Å². The van der Waals surface area contributed by atoms with E-state index in [0.717, 1.165) is 28.3 Å². The first-order valence-corrected chi connectivity index (χ1v) is 9.83. The highest BCUT2D eigenvalue weighted by Gasteiger charge is 2.15. The molecule has 0 aliphatic carbocycles. The van der Waals surface area contributed by atoms with E-state index in [4.69, 9.17) is 4.74 Å². The molecular formula is C20H21N3O3S. The molecule has 0 aliphatic rings. The minimum atomic E-state index is -3.68. The van der Waals surface area contributed by atoms with Crippen molar-refractivity contribution in [2.24, 2.45) is 0 Å². The second-order valence-electron chi connectivity index (χ2n) is 6.14. The van der Waals surface area contributed by atoms with Crippen LogP contribution in [0.2, 0.25) is 0 Å². The van der Waals surface area contributed by atoms with E-state index in [-0.39, 0.29) is 10.7 Å².